The smallest absolute Gasteiger partial charge is 0.244 e. The third-order valence-electron chi connectivity index (χ3n) is 6.74. The molecule has 0 amide bonds. The summed E-state index contributed by atoms with van der Waals surface area (Å²) in [5, 5.41) is 11.3. The van der Waals surface area contributed by atoms with E-state index < -0.39 is 10.0 Å². The first-order valence-electron chi connectivity index (χ1n) is 12.4. The first kappa shape index (κ1) is 26.9. The molecular weight excluding hydrogens is 489 g/mol. The van der Waals surface area contributed by atoms with E-state index in [1.54, 1.807) is 35.6 Å². The van der Waals surface area contributed by atoms with Crippen molar-refractivity contribution >= 4 is 27.6 Å². The molecule has 2 N–H and O–H groups in total. The predicted octanol–water partition coefficient (Wildman–Crippen LogP) is 5.28. The molecule has 4 rings (SSSR count). The van der Waals surface area contributed by atoms with Crippen LogP contribution in [0.1, 0.15) is 42.1 Å². The number of benzene rings is 2. The quantitative estimate of drug-likeness (QED) is 0.392. The van der Waals surface area contributed by atoms with E-state index in [2.05, 4.69) is 29.0 Å². The average molecular weight is 524 g/mol. The van der Waals surface area contributed by atoms with E-state index in [-0.39, 0.29) is 16.8 Å². The maximum absolute atomic E-state index is 13.6. The topological polar surface area (TPSA) is 89.4 Å². The summed E-state index contributed by atoms with van der Waals surface area (Å²) in [7, 11) is -3.71. The number of hydrogen-bond acceptors (Lipinski definition) is 6. The van der Waals surface area contributed by atoms with Crippen molar-refractivity contribution in [3.05, 3.63) is 82.9 Å². The van der Waals surface area contributed by atoms with Gasteiger partial charge in [0.1, 0.15) is 10.7 Å². The van der Waals surface area contributed by atoms with Gasteiger partial charge in [-0.25, -0.2) is 12.8 Å². The Balaban J connectivity index is 1.70. The molecule has 1 aliphatic rings. The third kappa shape index (κ3) is 5.89. The van der Waals surface area contributed by atoms with Crippen molar-refractivity contribution in [3.8, 4) is 0 Å². The molecule has 7 nitrogen and oxygen atoms in total. The Hall–Kier alpha value is -3.14. The van der Waals surface area contributed by atoms with Gasteiger partial charge in [0.2, 0.25) is 10.0 Å². The fourth-order valence-electron chi connectivity index (χ4n) is 4.87. The summed E-state index contributed by atoms with van der Waals surface area (Å²) in [6.45, 7) is 10.3. The molecule has 0 aliphatic carbocycles. The van der Waals surface area contributed by atoms with Gasteiger partial charge >= 0.3 is 0 Å². The minimum Gasteiger partial charge on any atom is -0.355 e. The molecule has 0 radical (unpaired) electrons. The molecule has 0 bridgehead atoms. The van der Waals surface area contributed by atoms with Gasteiger partial charge in [0.15, 0.2) is 0 Å². The Morgan fingerprint density at radius 3 is 2.51 bits per heavy atom. The summed E-state index contributed by atoms with van der Waals surface area (Å²) in [6, 6.07) is 11.6. The summed E-state index contributed by atoms with van der Waals surface area (Å²) >= 11 is 0. The normalized spacial score (nSPS) is 17.2. The molecule has 0 unspecified atom stereocenters. The molecule has 1 saturated heterocycles. The lowest BCUT2D eigenvalue weighted by Crippen LogP contribution is -2.51. The molecule has 0 spiro atoms. The zero-order valence-electron chi connectivity index (χ0n) is 21.7. The van der Waals surface area contributed by atoms with Gasteiger partial charge in [-0.1, -0.05) is 13.8 Å². The Bertz CT molecular complexity index is 1380. The molecule has 1 aromatic heterocycles. The van der Waals surface area contributed by atoms with Gasteiger partial charge in [-0.05, 0) is 78.9 Å². The molecule has 0 saturated carbocycles. The lowest BCUT2D eigenvalue weighted by atomic mass is 9.94. The third-order valence-corrected chi connectivity index (χ3v) is 8.73. The number of nitrogens with zero attached hydrogens (tertiary/aromatic N) is 3. The van der Waals surface area contributed by atoms with E-state index in [1.165, 1.54) is 24.5 Å². The van der Waals surface area contributed by atoms with Crippen LogP contribution in [0.25, 0.3) is 0 Å². The fraction of sp³-hybridized carbons (Fsp3) is 0.357. The van der Waals surface area contributed by atoms with Crippen LogP contribution in [0, 0.1) is 31.0 Å². The van der Waals surface area contributed by atoms with Gasteiger partial charge in [-0.2, -0.15) is 4.31 Å². The summed E-state index contributed by atoms with van der Waals surface area (Å²) in [5.41, 5.74) is 4.80. The van der Waals surface area contributed by atoms with E-state index in [9.17, 15) is 12.8 Å². The Morgan fingerprint density at radius 1 is 1.14 bits per heavy atom. The highest BCUT2D eigenvalue weighted by molar-refractivity contribution is 7.89. The van der Waals surface area contributed by atoms with Crippen LogP contribution in [0.5, 0.6) is 0 Å². The van der Waals surface area contributed by atoms with Gasteiger partial charge in [-0.15, -0.1) is 0 Å². The van der Waals surface area contributed by atoms with Crippen LogP contribution in [0.15, 0.2) is 59.8 Å². The van der Waals surface area contributed by atoms with Gasteiger partial charge in [0, 0.05) is 67.8 Å². The molecule has 1 atom stereocenters. The second-order valence-electron chi connectivity index (χ2n) is 9.98. The largest absolute Gasteiger partial charge is 0.355 e. The first-order valence-corrected chi connectivity index (χ1v) is 13.9. The molecule has 2 aromatic carbocycles. The van der Waals surface area contributed by atoms with Gasteiger partial charge in [0.25, 0.3) is 0 Å². The SMILES string of the molecule is Cc1cc(Nc2ccc(F)cc2)c(C=N)cc1[C@H]1CN(S(=O)(=O)c2cnccc2C)CCN1CC(C)C. The number of anilines is 2. The number of piperazine rings is 1. The number of hydrogen-bond donors (Lipinski definition) is 2. The number of pyridine rings is 1. The van der Waals surface area contributed by atoms with Crippen LogP contribution in [0.4, 0.5) is 15.8 Å². The van der Waals surface area contributed by atoms with Crippen molar-refractivity contribution in [1.82, 2.24) is 14.2 Å². The molecule has 2 heterocycles. The van der Waals surface area contributed by atoms with Crippen molar-refractivity contribution in [1.29, 1.82) is 5.41 Å². The highest BCUT2D eigenvalue weighted by Crippen LogP contribution is 2.34. The van der Waals surface area contributed by atoms with Gasteiger partial charge in [0.05, 0.1) is 0 Å². The molecule has 3 aromatic rings. The number of aromatic nitrogens is 1. The summed E-state index contributed by atoms with van der Waals surface area (Å²) < 4.78 is 42.1. The lowest BCUT2D eigenvalue weighted by molar-refractivity contribution is 0.105. The Kier molecular flexibility index (Phi) is 8.06. The molecule has 1 aliphatic heterocycles. The maximum atomic E-state index is 13.6. The first-order chi connectivity index (χ1) is 17.6. The average Bonchev–Trinajstić information content (AvgIpc) is 2.86. The minimum absolute atomic E-state index is 0.165. The number of nitrogens with one attached hydrogen (secondary N) is 2. The van der Waals surface area contributed by atoms with E-state index in [0.717, 1.165) is 29.0 Å². The highest BCUT2D eigenvalue weighted by atomic mass is 32.2. The second-order valence-corrected chi connectivity index (χ2v) is 11.9. The van der Waals surface area contributed by atoms with E-state index >= 15 is 0 Å². The number of rotatable bonds is 8. The maximum Gasteiger partial charge on any atom is 0.244 e. The number of halogens is 1. The summed E-state index contributed by atoms with van der Waals surface area (Å²) in [4.78, 5) is 6.64. The standard InChI is InChI=1S/C28H34FN5O2S/c1-19(2)17-33-11-12-34(37(35,36)28-16-31-10-9-20(28)3)18-27(33)25-14-22(15-30)26(13-21(25)4)32-24-7-5-23(29)6-8-24/h5-10,13-16,19,27,30,32H,11-12,17-18H2,1-4H3/t27-/m1/s1. The van der Waals surface area contributed by atoms with Crippen LogP contribution >= 0.6 is 0 Å². The minimum atomic E-state index is -3.71. The molecule has 196 valence electrons. The fourth-order valence-corrected chi connectivity index (χ4v) is 6.48. The monoisotopic (exact) mass is 523 g/mol. The van der Waals surface area contributed by atoms with Crippen molar-refractivity contribution in [3.63, 3.8) is 0 Å². The van der Waals surface area contributed by atoms with Gasteiger partial charge in [-0.3, -0.25) is 9.88 Å². The molecular formula is C28H34FN5O2S. The summed E-state index contributed by atoms with van der Waals surface area (Å²) in [5.74, 6) is 0.0982. The van der Waals surface area contributed by atoms with Crippen LogP contribution in [-0.2, 0) is 10.0 Å². The van der Waals surface area contributed by atoms with E-state index in [0.29, 0.717) is 36.7 Å². The van der Waals surface area contributed by atoms with Gasteiger partial charge < -0.3 is 10.7 Å². The highest BCUT2D eigenvalue weighted by Gasteiger charge is 2.36. The number of sulfonamides is 1. The predicted molar refractivity (Wildman–Crippen MR) is 146 cm³/mol. The number of aryl methyl sites for hydroxylation is 2. The van der Waals surface area contributed by atoms with Crippen LogP contribution in [0.3, 0.4) is 0 Å². The van der Waals surface area contributed by atoms with Crippen LogP contribution < -0.4 is 5.32 Å². The Morgan fingerprint density at radius 2 is 1.86 bits per heavy atom. The summed E-state index contributed by atoms with van der Waals surface area (Å²) in [6.07, 6.45) is 4.31. The van der Waals surface area contributed by atoms with E-state index in [4.69, 9.17) is 5.41 Å². The molecule has 1 fully saturated rings. The molecule has 37 heavy (non-hydrogen) atoms. The zero-order chi connectivity index (χ0) is 26.7. The van der Waals surface area contributed by atoms with Crippen molar-refractivity contribution in [2.24, 2.45) is 5.92 Å². The van der Waals surface area contributed by atoms with Crippen LogP contribution in [-0.4, -0.2) is 55.0 Å². The van der Waals surface area contributed by atoms with E-state index in [1.807, 2.05) is 19.1 Å². The molecule has 9 heteroatoms. The van der Waals surface area contributed by atoms with Crippen molar-refractivity contribution in [2.45, 2.75) is 38.6 Å². The van der Waals surface area contributed by atoms with Crippen molar-refractivity contribution < 1.29 is 12.8 Å². The lowest BCUT2D eigenvalue weighted by Gasteiger charge is -2.42. The van der Waals surface area contributed by atoms with Crippen molar-refractivity contribution in [2.75, 3.05) is 31.5 Å². The zero-order valence-corrected chi connectivity index (χ0v) is 22.5. The Labute approximate surface area is 218 Å². The van der Waals surface area contributed by atoms with Crippen LogP contribution in [0.2, 0.25) is 0 Å². The second kappa shape index (κ2) is 11.1.